The van der Waals surface area contributed by atoms with Crippen molar-refractivity contribution in [1.29, 1.82) is 0 Å². The maximum atomic E-state index is 14.0. The quantitative estimate of drug-likeness (QED) is 0.282. The highest BCUT2D eigenvalue weighted by atomic mass is 35.5. The Bertz CT molecular complexity index is 1310. The van der Waals surface area contributed by atoms with E-state index in [0.29, 0.717) is 32.7 Å². The van der Waals surface area contributed by atoms with Gasteiger partial charge in [-0.2, -0.15) is 0 Å². The molecule has 1 aliphatic heterocycles. The zero-order chi connectivity index (χ0) is 25.1. The number of halogens is 4. The Balaban J connectivity index is 1.52. The van der Waals surface area contributed by atoms with Crippen LogP contribution in [0.1, 0.15) is 16.7 Å². The molecule has 0 radical (unpaired) electrons. The first-order valence-corrected chi connectivity index (χ1v) is 12.2. The molecule has 0 aromatic heterocycles. The molecule has 0 saturated carbocycles. The molecular weight excluding hydrogens is 536 g/mol. The minimum Gasteiger partial charge on any atom is -0.493 e. The van der Waals surface area contributed by atoms with Crippen LogP contribution in [-0.4, -0.2) is 23.2 Å². The fraction of sp³-hybridized carbons (Fsp3) is 0.120. The Kier molecular flexibility index (Phi) is 7.91. The maximum Gasteiger partial charge on any atom is 0.293 e. The molecule has 3 aromatic rings. The lowest BCUT2D eigenvalue weighted by Crippen LogP contribution is -2.27. The summed E-state index contributed by atoms with van der Waals surface area (Å²) in [5, 5.41) is 0.579. The lowest BCUT2D eigenvalue weighted by Gasteiger charge is -2.14. The molecule has 0 N–H and O–H groups in total. The van der Waals surface area contributed by atoms with Gasteiger partial charge in [0.2, 0.25) is 0 Å². The van der Waals surface area contributed by atoms with Crippen LogP contribution in [0.15, 0.2) is 59.5 Å². The number of amides is 2. The molecular formula is C25H17Cl3FNO4S. The smallest absolute Gasteiger partial charge is 0.293 e. The number of carbonyl (C=O) groups excluding carboxylic acids is 2. The van der Waals surface area contributed by atoms with Gasteiger partial charge in [0.15, 0.2) is 11.5 Å². The average molecular weight is 553 g/mol. The second-order valence-corrected chi connectivity index (χ2v) is 9.58. The van der Waals surface area contributed by atoms with Gasteiger partial charge in [-0.05, 0) is 59.8 Å². The molecule has 35 heavy (non-hydrogen) atoms. The largest absolute Gasteiger partial charge is 0.493 e. The summed E-state index contributed by atoms with van der Waals surface area (Å²) in [6.07, 6.45) is 1.58. The van der Waals surface area contributed by atoms with Crippen molar-refractivity contribution >= 4 is 63.8 Å². The minimum atomic E-state index is -0.470. The van der Waals surface area contributed by atoms with Crippen LogP contribution in [0.3, 0.4) is 0 Å². The van der Waals surface area contributed by atoms with Crippen LogP contribution in [-0.2, 0) is 17.9 Å². The fourth-order valence-corrected chi connectivity index (χ4v) is 4.92. The fourth-order valence-electron chi connectivity index (χ4n) is 3.34. The van der Waals surface area contributed by atoms with Gasteiger partial charge in [0.05, 0.1) is 23.6 Å². The Morgan fingerprint density at radius 2 is 1.60 bits per heavy atom. The van der Waals surface area contributed by atoms with Crippen LogP contribution >= 0.6 is 46.6 Å². The van der Waals surface area contributed by atoms with Crippen LogP contribution in [0.4, 0.5) is 9.18 Å². The second-order valence-electron chi connectivity index (χ2n) is 7.37. The van der Waals surface area contributed by atoms with Crippen molar-refractivity contribution in [1.82, 2.24) is 4.90 Å². The molecule has 5 nitrogen and oxygen atoms in total. The summed E-state index contributed by atoms with van der Waals surface area (Å²) in [6.45, 7) is -0.125. The van der Waals surface area contributed by atoms with E-state index >= 15 is 0 Å². The van der Waals surface area contributed by atoms with E-state index in [4.69, 9.17) is 44.3 Å². The van der Waals surface area contributed by atoms with Crippen molar-refractivity contribution in [2.75, 3.05) is 7.11 Å². The molecule has 1 heterocycles. The number of carbonyl (C=O) groups is 2. The number of benzene rings is 3. The van der Waals surface area contributed by atoms with Crippen LogP contribution < -0.4 is 9.47 Å². The topological polar surface area (TPSA) is 55.8 Å². The zero-order valence-electron chi connectivity index (χ0n) is 18.2. The van der Waals surface area contributed by atoms with E-state index in [9.17, 15) is 14.0 Å². The summed E-state index contributed by atoms with van der Waals surface area (Å²) < 4.78 is 25.1. The van der Waals surface area contributed by atoms with Gasteiger partial charge in [-0.3, -0.25) is 14.5 Å². The Morgan fingerprint density at radius 3 is 2.26 bits per heavy atom. The summed E-state index contributed by atoms with van der Waals surface area (Å²) in [5.41, 5.74) is 1.34. The highest BCUT2D eigenvalue weighted by Gasteiger charge is 2.35. The van der Waals surface area contributed by atoms with Gasteiger partial charge < -0.3 is 9.47 Å². The molecule has 10 heteroatoms. The van der Waals surface area contributed by atoms with Crippen LogP contribution in [0.25, 0.3) is 6.08 Å². The third-order valence-electron chi connectivity index (χ3n) is 5.17. The lowest BCUT2D eigenvalue weighted by molar-refractivity contribution is -0.123. The first-order chi connectivity index (χ1) is 16.8. The van der Waals surface area contributed by atoms with Crippen molar-refractivity contribution < 1.29 is 23.5 Å². The third-order valence-corrected chi connectivity index (χ3v) is 7.14. The number of rotatable bonds is 7. The van der Waals surface area contributed by atoms with E-state index in [0.717, 1.165) is 16.7 Å². The molecule has 0 aliphatic carbocycles. The van der Waals surface area contributed by atoms with Gasteiger partial charge in [0.25, 0.3) is 11.1 Å². The monoisotopic (exact) mass is 551 g/mol. The SMILES string of the molecule is COc1cc(/C=C2\SC(=O)N(Cc3c(Cl)cccc3Cl)C2=O)ccc1OCc1c(F)cccc1Cl. The molecule has 0 unspecified atom stereocenters. The van der Waals surface area contributed by atoms with Gasteiger partial charge in [0.1, 0.15) is 12.4 Å². The number of methoxy groups -OCH3 is 1. The normalized spacial score (nSPS) is 14.7. The van der Waals surface area contributed by atoms with Crippen molar-refractivity contribution in [3.8, 4) is 11.5 Å². The summed E-state index contributed by atoms with van der Waals surface area (Å²) in [7, 11) is 1.46. The maximum absolute atomic E-state index is 14.0. The predicted molar refractivity (Wildman–Crippen MR) is 137 cm³/mol. The van der Waals surface area contributed by atoms with Gasteiger partial charge in [-0.1, -0.05) is 53.0 Å². The number of imide groups is 1. The van der Waals surface area contributed by atoms with Crippen molar-refractivity contribution in [2.45, 2.75) is 13.2 Å². The van der Waals surface area contributed by atoms with Crippen molar-refractivity contribution in [3.05, 3.63) is 97.1 Å². The summed E-state index contributed by atoms with van der Waals surface area (Å²) >= 11 is 19.3. The van der Waals surface area contributed by atoms with Gasteiger partial charge in [-0.25, -0.2) is 4.39 Å². The molecule has 0 spiro atoms. The molecule has 1 aliphatic rings. The van der Waals surface area contributed by atoms with Crippen LogP contribution in [0.2, 0.25) is 15.1 Å². The number of nitrogens with zero attached hydrogens (tertiary/aromatic N) is 1. The Hall–Kier alpha value is -2.71. The van der Waals surface area contributed by atoms with E-state index in [2.05, 4.69) is 0 Å². The van der Waals surface area contributed by atoms with Gasteiger partial charge >= 0.3 is 0 Å². The van der Waals surface area contributed by atoms with Crippen LogP contribution in [0.5, 0.6) is 11.5 Å². The number of hydrogen-bond acceptors (Lipinski definition) is 5. The highest BCUT2D eigenvalue weighted by molar-refractivity contribution is 8.18. The zero-order valence-corrected chi connectivity index (χ0v) is 21.3. The first kappa shape index (κ1) is 25.4. The van der Waals surface area contributed by atoms with Crippen molar-refractivity contribution in [2.24, 2.45) is 0 Å². The highest BCUT2D eigenvalue weighted by Crippen LogP contribution is 2.37. The molecule has 3 aromatic carbocycles. The van der Waals surface area contributed by atoms with E-state index < -0.39 is 17.0 Å². The van der Waals surface area contributed by atoms with Gasteiger partial charge in [-0.15, -0.1) is 0 Å². The summed E-state index contributed by atoms with van der Waals surface area (Å²) in [5.74, 6) is -0.190. The molecule has 4 rings (SSSR count). The predicted octanol–water partition coefficient (Wildman–Crippen LogP) is 7.61. The number of ether oxygens (including phenoxy) is 2. The van der Waals surface area contributed by atoms with Gasteiger partial charge in [0, 0.05) is 21.2 Å². The molecule has 1 fully saturated rings. The summed E-state index contributed by atoms with van der Waals surface area (Å²) in [4.78, 5) is 26.8. The standard InChI is InChI=1S/C25H17Cl3FNO4S/c1-33-22-10-14(8-9-21(22)34-13-16-19(28)6-3-7-20(16)29)11-23-24(31)30(25(32)35-23)12-15-17(26)4-2-5-18(15)27/h2-11H,12-13H2,1H3/b23-11-. The molecule has 1 saturated heterocycles. The average Bonchev–Trinajstić information content (AvgIpc) is 3.08. The molecule has 2 amide bonds. The summed E-state index contributed by atoms with van der Waals surface area (Å²) in [6, 6.07) is 14.4. The second kappa shape index (κ2) is 10.9. The van der Waals surface area contributed by atoms with E-state index in [1.807, 2.05) is 0 Å². The third kappa shape index (κ3) is 5.59. The number of hydrogen-bond donors (Lipinski definition) is 0. The lowest BCUT2D eigenvalue weighted by atomic mass is 10.1. The molecule has 0 atom stereocenters. The van der Waals surface area contributed by atoms with E-state index in [-0.39, 0.29) is 28.6 Å². The minimum absolute atomic E-state index is 0.0325. The Labute approximate surface area is 220 Å². The molecule has 0 bridgehead atoms. The van der Waals surface area contributed by atoms with E-state index in [1.54, 1.807) is 48.5 Å². The Morgan fingerprint density at radius 1 is 0.943 bits per heavy atom. The van der Waals surface area contributed by atoms with E-state index in [1.165, 1.54) is 19.2 Å². The molecule has 180 valence electrons. The number of thioether (sulfide) groups is 1. The van der Waals surface area contributed by atoms with Crippen molar-refractivity contribution in [3.63, 3.8) is 0 Å². The first-order valence-electron chi connectivity index (χ1n) is 10.2. The van der Waals surface area contributed by atoms with Crippen LogP contribution in [0, 0.1) is 5.82 Å².